The van der Waals surface area contributed by atoms with Crippen LogP contribution in [0.1, 0.15) is 26.2 Å². The van der Waals surface area contributed by atoms with Crippen molar-refractivity contribution in [2.24, 2.45) is 5.92 Å². The van der Waals surface area contributed by atoms with Crippen molar-refractivity contribution in [3.05, 3.63) is 24.3 Å². The van der Waals surface area contributed by atoms with Crippen LogP contribution >= 0.6 is 0 Å². The summed E-state index contributed by atoms with van der Waals surface area (Å²) in [5.74, 6) is -0.608. The Morgan fingerprint density at radius 3 is 2.85 bits per heavy atom. The third kappa shape index (κ3) is 4.37. The minimum absolute atomic E-state index is 0.0501. The predicted octanol–water partition coefficient (Wildman–Crippen LogP) is 1.15. The molecule has 1 aliphatic carbocycles. The summed E-state index contributed by atoms with van der Waals surface area (Å²) in [5, 5.41) is 11.9. The minimum Gasteiger partial charge on any atom is -0.482 e. The second-order valence-corrected chi connectivity index (χ2v) is 6.85. The Morgan fingerprint density at radius 2 is 2.15 bits per heavy atom. The number of nitriles is 1. The Labute approximate surface area is 157 Å². The van der Waals surface area contributed by atoms with Gasteiger partial charge in [-0.1, -0.05) is 12.1 Å². The van der Waals surface area contributed by atoms with E-state index in [-0.39, 0.29) is 31.4 Å². The van der Waals surface area contributed by atoms with Gasteiger partial charge in [-0.15, -0.1) is 0 Å². The Kier molecular flexibility index (Phi) is 5.31. The largest absolute Gasteiger partial charge is 0.482 e. The van der Waals surface area contributed by atoms with Crippen molar-refractivity contribution in [3.63, 3.8) is 0 Å². The van der Waals surface area contributed by atoms with Crippen molar-refractivity contribution in [1.29, 1.82) is 5.26 Å². The molecule has 0 saturated heterocycles. The predicted molar refractivity (Wildman–Crippen MR) is 94.8 cm³/mol. The van der Waals surface area contributed by atoms with Gasteiger partial charge in [-0.25, -0.2) is 0 Å². The number of hydrogen-bond donors (Lipinski definition) is 1. The summed E-state index contributed by atoms with van der Waals surface area (Å²) in [7, 11) is 0. The summed E-state index contributed by atoms with van der Waals surface area (Å²) in [6, 6.07) is 9.19. The number of nitrogens with zero attached hydrogens (tertiary/aromatic N) is 2. The van der Waals surface area contributed by atoms with Crippen LogP contribution in [0.5, 0.6) is 5.75 Å². The fraction of sp³-hybridized carbons (Fsp3) is 0.474. The van der Waals surface area contributed by atoms with E-state index in [2.05, 4.69) is 11.4 Å². The zero-order chi connectivity index (χ0) is 19.4. The van der Waals surface area contributed by atoms with Crippen LogP contribution in [0.4, 0.5) is 5.69 Å². The molecule has 3 rings (SSSR count). The molecule has 1 aromatic carbocycles. The number of ether oxygens (including phenoxy) is 2. The molecular formula is C19H21N3O5. The van der Waals surface area contributed by atoms with Crippen molar-refractivity contribution in [2.45, 2.75) is 31.7 Å². The summed E-state index contributed by atoms with van der Waals surface area (Å²) in [6.07, 6.45) is 1.75. The van der Waals surface area contributed by atoms with Gasteiger partial charge in [0, 0.05) is 6.54 Å². The number of carbonyl (C=O) groups excluding carboxylic acids is 3. The van der Waals surface area contributed by atoms with Crippen LogP contribution in [0.3, 0.4) is 0 Å². The van der Waals surface area contributed by atoms with Gasteiger partial charge in [0.1, 0.15) is 11.3 Å². The summed E-state index contributed by atoms with van der Waals surface area (Å²) >= 11 is 0. The molecule has 0 bridgehead atoms. The van der Waals surface area contributed by atoms with Gasteiger partial charge in [-0.2, -0.15) is 5.26 Å². The van der Waals surface area contributed by atoms with Crippen molar-refractivity contribution in [2.75, 3.05) is 24.7 Å². The number of carbonyl (C=O) groups is 3. The monoisotopic (exact) mass is 371 g/mol. The third-order valence-electron chi connectivity index (χ3n) is 4.74. The molecule has 1 heterocycles. The first-order valence-electron chi connectivity index (χ1n) is 8.83. The fourth-order valence-corrected chi connectivity index (χ4v) is 3.03. The van der Waals surface area contributed by atoms with Crippen molar-refractivity contribution in [3.8, 4) is 11.8 Å². The molecule has 1 aromatic rings. The second kappa shape index (κ2) is 7.66. The van der Waals surface area contributed by atoms with Crippen LogP contribution in [-0.4, -0.2) is 43.1 Å². The molecular weight excluding hydrogens is 350 g/mol. The highest BCUT2D eigenvalue weighted by atomic mass is 16.5. The molecule has 0 spiro atoms. The number of rotatable bonds is 7. The quantitative estimate of drug-likeness (QED) is 0.720. The number of benzene rings is 1. The van der Waals surface area contributed by atoms with Gasteiger partial charge in [0.2, 0.25) is 0 Å². The number of amides is 2. The van der Waals surface area contributed by atoms with E-state index < -0.39 is 24.0 Å². The first-order chi connectivity index (χ1) is 12.9. The lowest BCUT2D eigenvalue weighted by Gasteiger charge is -2.29. The molecule has 142 valence electrons. The molecule has 8 heteroatoms. The van der Waals surface area contributed by atoms with Gasteiger partial charge in [0.15, 0.2) is 13.2 Å². The molecule has 1 saturated carbocycles. The third-order valence-corrected chi connectivity index (χ3v) is 4.74. The fourth-order valence-electron chi connectivity index (χ4n) is 3.03. The molecule has 1 aliphatic heterocycles. The average Bonchev–Trinajstić information content (AvgIpc) is 3.51. The van der Waals surface area contributed by atoms with Crippen molar-refractivity contribution < 1.29 is 23.9 Å². The maximum Gasteiger partial charge on any atom is 0.308 e. The zero-order valence-electron chi connectivity index (χ0n) is 15.1. The first kappa shape index (κ1) is 18.7. The van der Waals surface area contributed by atoms with Crippen LogP contribution in [0.15, 0.2) is 24.3 Å². The van der Waals surface area contributed by atoms with Gasteiger partial charge in [-0.3, -0.25) is 14.4 Å². The molecule has 27 heavy (non-hydrogen) atoms. The topological polar surface area (TPSA) is 109 Å². The van der Waals surface area contributed by atoms with Crippen LogP contribution in [0.25, 0.3) is 0 Å². The molecule has 0 aromatic heterocycles. The lowest BCUT2D eigenvalue weighted by molar-refractivity contribution is -0.148. The van der Waals surface area contributed by atoms with E-state index in [1.54, 1.807) is 31.2 Å². The van der Waals surface area contributed by atoms with E-state index >= 15 is 0 Å². The minimum atomic E-state index is -0.923. The Bertz CT molecular complexity index is 799. The summed E-state index contributed by atoms with van der Waals surface area (Å²) in [6.45, 7) is 1.28. The normalized spacial score (nSPS) is 17.8. The molecule has 1 atom stereocenters. The highest BCUT2D eigenvalue weighted by Gasteiger charge is 2.43. The van der Waals surface area contributed by atoms with E-state index in [4.69, 9.17) is 9.47 Å². The summed E-state index contributed by atoms with van der Waals surface area (Å²) in [5.41, 5.74) is -0.318. The number of esters is 1. The van der Waals surface area contributed by atoms with Crippen LogP contribution in [0, 0.1) is 17.2 Å². The number of fused-ring (bicyclic) bond motifs is 1. The molecule has 0 radical (unpaired) electrons. The lowest BCUT2D eigenvalue weighted by Crippen LogP contribution is -2.48. The Hall–Kier alpha value is -3.08. The molecule has 1 fully saturated rings. The SMILES string of the molecule is C[C@@](C#N)(NC(=O)COC(=O)CCN1C(=O)COc2ccccc21)C1CC1. The van der Waals surface area contributed by atoms with Crippen LogP contribution < -0.4 is 15.0 Å². The second-order valence-electron chi connectivity index (χ2n) is 6.85. The number of anilines is 1. The van der Waals surface area contributed by atoms with Gasteiger partial charge >= 0.3 is 5.97 Å². The smallest absolute Gasteiger partial charge is 0.308 e. The van der Waals surface area contributed by atoms with Gasteiger partial charge < -0.3 is 19.7 Å². The van der Waals surface area contributed by atoms with E-state index in [9.17, 15) is 19.6 Å². The van der Waals surface area contributed by atoms with E-state index in [0.717, 1.165) is 12.8 Å². The number of hydrogen-bond acceptors (Lipinski definition) is 6. The van der Waals surface area contributed by atoms with Gasteiger partial charge in [0.25, 0.3) is 11.8 Å². The number of para-hydroxylation sites is 2. The highest BCUT2D eigenvalue weighted by molar-refractivity contribution is 5.98. The van der Waals surface area contributed by atoms with Crippen molar-refractivity contribution in [1.82, 2.24) is 5.32 Å². The van der Waals surface area contributed by atoms with E-state index in [0.29, 0.717) is 11.4 Å². The average molecular weight is 371 g/mol. The summed E-state index contributed by atoms with van der Waals surface area (Å²) < 4.78 is 10.3. The molecule has 2 aliphatic rings. The number of nitrogens with one attached hydrogen (secondary N) is 1. The zero-order valence-corrected chi connectivity index (χ0v) is 15.1. The molecule has 0 unspecified atom stereocenters. The Balaban J connectivity index is 1.47. The molecule has 8 nitrogen and oxygen atoms in total. The summed E-state index contributed by atoms with van der Waals surface area (Å²) in [4.78, 5) is 37.4. The van der Waals surface area contributed by atoms with Gasteiger partial charge in [-0.05, 0) is 37.8 Å². The molecule has 1 N–H and O–H groups in total. The maximum atomic E-state index is 12.0. The van der Waals surface area contributed by atoms with Crippen LogP contribution in [0.2, 0.25) is 0 Å². The van der Waals surface area contributed by atoms with E-state index in [1.807, 2.05) is 0 Å². The van der Waals surface area contributed by atoms with Crippen LogP contribution in [-0.2, 0) is 19.1 Å². The lowest BCUT2D eigenvalue weighted by atomic mass is 9.98. The van der Waals surface area contributed by atoms with Crippen molar-refractivity contribution >= 4 is 23.5 Å². The van der Waals surface area contributed by atoms with Gasteiger partial charge in [0.05, 0.1) is 18.2 Å². The Morgan fingerprint density at radius 1 is 1.41 bits per heavy atom. The highest BCUT2D eigenvalue weighted by Crippen LogP contribution is 2.39. The molecule has 2 amide bonds. The standard InChI is InChI=1S/C19H21N3O5/c1-19(12-20,13-6-7-13)21-16(23)10-27-18(25)8-9-22-14-4-2-3-5-15(14)26-11-17(22)24/h2-5,13H,6-11H2,1H3,(H,21,23)/t19-/m0/s1. The van der Waals surface area contributed by atoms with E-state index in [1.165, 1.54) is 4.90 Å². The maximum absolute atomic E-state index is 12.0. The first-order valence-corrected chi connectivity index (χ1v) is 8.83.